The van der Waals surface area contributed by atoms with Crippen LogP contribution < -0.4 is 0 Å². The van der Waals surface area contributed by atoms with Crippen LogP contribution in [0.25, 0.3) is 0 Å². The molecule has 0 spiro atoms. The average Bonchev–Trinajstić information content (AvgIpc) is 2.08. The third-order valence-electron chi connectivity index (χ3n) is 1.76. The van der Waals surface area contributed by atoms with Crippen LogP contribution in [0.4, 0.5) is 18.9 Å². The summed E-state index contributed by atoms with van der Waals surface area (Å²) in [5.41, 5.74) is -2.06. The average molecular weight is 205 g/mol. The second kappa shape index (κ2) is 3.65. The fourth-order valence-electron chi connectivity index (χ4n) is 1.04. The molecule has 0 amide bonds. The molecule has 0 aliphatic rings. The minimum atomic E-state index is -3.05. The molecule has 1 aromatic rings. The molecule has 0 unspecified atom stereocenters. The van der Waals surface area contributed by atoms with Crippen LogP contribution in [0.5, 0.6) is 0 Å². The first-order chi connectivity index (χ1) is 6.45. The molecule has 0 saturated carbocycles. The van der Waals surface area contributed by atoms with Crippen LogP contribution in [0.1, 0.15) is 17.6 Å². The van der Waals surface area contributed by atoms with E-state index in [0.717, 1.165) is 12.1 Å². The van der Waals surface area contributed by atoms with E-state index in [0.29, 0.717) is 0 Å². The molecule has 6 heteroatoms. The molecular weight excluding hydrogens is 199 g/mol. The Hall–Kier alpha value is -1.59. The van der Waals surface area contributed by atoms with Crippen LogP contribution in [0, 0.1) is 22.9 Å². The second-order valence-corrected chi connectivity index (χ2v) is 2.69. The van der Waals surface area contributed by atoms with E-state index < -0.39 is 28.4 Å². The van der Waals surface area contributed by atoms with Crippen molar-refractivity contribution in [2.45, 2.75) is 13.3 Å². The monoisotopic (exact) mass is 205 g/mol. The fraction of sp³-hybridized carbons (Fsp3) is 0.250. The largest absolute Gasteiger partial charge is 0.313 e. The number of aryl methyl sites for hydroxylation is 1. The Bertz CT molecular complexity index is 379. The van der Waals surface area contributed by atoms with Crippen molar-refractivity contribution in [2.24, 2.45) is 0 Å². The Morgan fingerprint density at radius 2 is 2.00 bits per heavy atom. The highest BCUT2D eigenvalue weighted by Crippen LogP contribution is 2.32. The lowest BCUT2D eigenvalue weighted by molar-refractivity contribution is -0.389. The molecule has 0 aromatic heterocycles. The first-order valence-corrected chi connectivity index (χ1v) is 3.66. The normalized spacial score (nSPS) is 10.6. The summed E-state index contributed by atoms with van der Waals surface area (Å²) in [5, 5.41) is 10.3. The van der Waals surface area contributed by atoms with Gasteiger partial charge in [-0.2, -0.15) is 4.39 Å². The van der Waals surface area contributed by atoms with Crippen molar-refractivity contribution in [1.82, 2.24) is 0 Å². The van der Waals surface area contributed by atoms with E-state index in [-0.39, 0.29) is 5.56 Å². The van der Waals surface area contributed by atoms with Gasteiger partial charge in [-0.15, -0.1) is 0 Å². The molecular formula is C8H6F3NO2. The maximum absolute atomic E-state index is 13.1. The standard InChI is InChI=1S/C8H6F3NO2/c1-4-2-3-5(8(10)11)7(6(4)9)12(13)14/h2-3,8H,1H3. The van der Waals surface area contributed by atoms with Gasteiger partial charge in [-0.1, -0.05) is 6.07 Å². The number of halogens is 3. The Morgan fingerprint density at radius 3 is 2.43 bits per heavy atom. The van der Waals surface area contributed by atoms with E-state index in [1.54, 1.807) is 0 Å². The van der Waals surface area contributed by atoms with Gasteiger partial charge in [-0.05, 0) is 18.6 Å². The zero-order chi connectivity index (χ0) is 10.9. The molecule has 76 valence electrons. The van der Waals surface area contributed by atoms with E-state index >= 15 is 0 Å². The van der Waals surface area contributed by atoms with Crippen LogP contribution in [0.3, 0.4) is 0 Å². The van der Waals surface area contributed by atoms with Crippen LogP contribution in [-0.2, 0) is 0 Å². The maximum atomic E-state index is 13.1. The van der Waals surface area contributed by atoms with E-state index in [9.17, 15) is 23.3 Å². The van der Waals surface area contributed by atoms with E-state index in [2.05, 4.69) is 0 Å². The highest BCUT2D eigenvalue weighted by molar-refractivity contribution is 5.45. The van der Waals surface area contributed by atoms with Gasteiger partial charge in [-0.3, -0.25) is 10.1 Å². The zero-order valence-corrected chi connectivity index (χ0v) is 7.13. The fourth-order valence-corrected chi connectivity index (χ4v) is 1.04. The van der Waals surface area contributed by atoms with Crippen molar-refractivity contribution in [3.63, 3.8) is 0 Å². The Morgan fingerprint density at radius 1 is 1.43 bits per heavy atom. The van der Waals surface area contributed by atoms with Gasteiger partial charge < -0.3 is 0 Å². The predicted molar refractivity (Wildman–Crippen MR) is 42.7 cm³/mol. The van der Waals surface area contributed by atoms with E-state index in [1.165, 1.54) is 6.92 Å². The summed E-state index contributed by atoms with van der Waals surface area (Å²) >= 11 is 0. The first kappa shape index (κ1) is 10.5. The van der Waals surface area contributed by atoms with Crippen LogP contribution >= 0.6 is 0 Å². The summed E-state index contributed by atoms with van der Waals surface area (Å²) in [4.78, 5) is 9.20. The van der Waals surface area contributed by atoms with Gasteiger partial charge in [0.1, 0.15) is 0 Å². The van der Waals surface area contributed by atoms with Crippen molar-refractivity contribution in [1.29, 1.82) is 0 Å². The Labute approximate surface area is 77.3 Å². The molecule has 0 radical (unpaired) electrons. The predicted octanol–water partition coefficient (Wildman–Crippen LogP) is 2.98. The van der Waals surface area contributed by atoms with Gasteiger partial charge >= 0.3 is 5.69 Å². The quantitative estimate of drug-likeness (QED) is 0.550. The molecule has 0 heterocycles. The molecule has 3 nitrogen and oxygen atoms in total. The molecule has 0 atom stereocenters. The first-order valence-electron chi connectivity index (χ1n) is 3.66. The number of hydrogen-bond acceptors (Lipinski definition) is 2. The summed E-state index contributed by atoms with van der Waals surface area (Å²) in [6, 6.07) is 1.95. The number of nitrogens with zero attached hydrogens (tertiary/aromatic N) is 1. The smallest absolute Gasteiger partial charge is 0.258 e. The topological polar surface area (TPSA) is 43.1 Å². The summed E-state index contributed by atoms with van der Waals surface area (Å²) in [6.45, 7) is 1.28. The number of alkyl halides is 2. The maximum Gasteiger partial charge on any atom is 0.313 e. The molecule has 14 heavy (non-hydrogen) atoms. The SMILES string of the molecule is Cc1ccc(C(F)F)c([N+](=O)[O-])c1F. The molecule has 1 aromatic carbocycles. The van der Waals surface area contributed by atoms with Gasteiger partial charge in [0.05, 0.1) is 10.5 Å². The van der Waals surface area contributed by atoms with Crippen molar-refractivity contribution in [3.8, 4) is 0 Å². The van der Waals surface area contributed by atoms with E-state index in [1.807, 2.05) is 0 Å². The Kier molecular flexibility index (Phi) is 2.73. The van der Waals surface area contributed by atoms with Crippen molar-refractivity contribution in [2.75, 3.05) is 0 Å². The van der Waals surface area contributed by atoms with Crippen molar-refractivity contribution >= 4 is 5.69 Å². The molecule has 0 aliphatic carbocycles. The molecule has 1 rings (SSSR count). The zero-order valence-electron chi connectivity index (χ0n) is 7.13. The molecule has 0 saturated heterocycles. The van der Waals surface area contributed by atoms with Crippen molar-refractivity contribution in [3.05, 3.63) is 39.2 Å². The van der Waals surface area contributed by atoms with Crippen LogP contribution in [0.15, 0.2) is 12.1 Å². The molecule has 0 aliphatic heterocycles. The van der Waals surface area contributed by atoms with Crippen LogP contribution in [0.2, 0.25) is 0 Å². The summed E-state index contributed by atoms with van der Waals surface area (Å²) < 4.78 is 37.6. The Balaban J connectivity index is 3.45. The number of benzene rings is 1. The summed E-state index contributed by atoms with van der Waals surface area (Å²) in [7, 11) is 0. The second-order valence-electron chi connectivity index (χ2n) is 2.69. The highest BCUT2D eigenvalue weighted by Gasteiger charge is 2.27. The van der Waals surface area contributed by atoms with Gasteiger partial charge in [0.2, 0.25) is 5.82 Å². The molecule has 0 fully saturated rings. The van der Waals surface area contributed by atoms with Gasteiger partial charge in [0.25, 0.3) is 6.43 Å². The molecule has 0 N–H and O–H groups in total. The minimum Gasteiger partial charge on any atom is -0.258 e. The number of nitro benzene ring substituents is 1. The lowest BCUT2D eigenvalue weighted by atomic mass is 10.1. The minimum absolute atomic E-state index is 0.0268. The van der Waals surface area contributed by atoms with Gasteiger partial charge in [-0.25, -0.2) is 8.78 Å². The number of nitro groups is 1. The molecule has 0 bridgehead atoms. The van der Waals surface area contributed by atoms with Gasteiger partial charge in [0.15, 0.2) is 0 Å². The van der Waals surface area contributed by atoms with Crippen LogP contribution in [-0.4, -0.2) is 4.92 Å². The highest BCUT2D eigenvalue weighted by atomic mass is 19.3. The summed E-state index contributed by atoms with van der Waals surface area (Å²) in [5.74, 6) is -1.20. The number of rotatable bonds is 2. The summed E-state index contributed by atoms with van der Waals surface area (Å²) in [6.07, 6.45) is -3.05. The van der Waals surface area contributed by atoms with Gasteiger partial charge in [0, 0.05) is 0 Å². The van der Waals surface area contributed by atoms with Crippen molar-refractivity contribution < 1.29 is 18.1 Å². The third kappa shape index (κ3) is 1.68. The lowest BCUT2D eigenvalue weighted by Crippen LogP contribution is -2.01. The van der Waals surface area contributed by atoms with E-state index in [4.69, 9.17) is 0 Å². The third-order valence-corrected chi connectivity index (χ3v) is 1.76. The number of hydrogen-bond donors (Lipinski definition) is 0. The lowest BCUT2D eigenvalue weighted by Gasteiger charge is -2.03.